The first kappa shape index (κ1) is 30.5. The molecule has 2 saturated heterocycles. The molecule has 0 spiro atoms. The molecule has 42 heavy (non-hydrogen) atoms. The molecule has 6 nitrogen and oxygen atoms in total. The number of halogens is 3. The second-order valence-corrected chi connectivity index (χ2v) is 12.0. The fraction of sp³-hybridized carbons (Fsp3) is 0.394. The van der Waals surface area contributed by atoms with E-state index in [0.29, 0.717) is 15.6 Å². The lowest BCUT2D eigenvalue weighted by Gasteiger charge is -2.57. The minimum Gasteiger partial charge on any atom is -0.347 e. The van der Waals surface area contributed by atoms with Crippen LogP contribution < -0.4 is 5.32 Å². The van der Waals surface area contributed by atoms with Gasteiger partial charge in [0, 0.05) is 20.0 Å². The smallest absolute Gasteiger partial charge is 0.225 e. The fourth-order valence-corrected chi connectivity index (χ4v) is 6.78. The Bertz CT molecular complexity index is 1420. The zero-order valence-electron chi connectivity index (χ0n) is 23.9. The monoisotopic (exact) mass is 611 g/mol. The van der Waals surface area contributed by atoms with Gasteiger partial charge in [-0.05, 0) is 66.8 Å². The Balaban J connectivity index is 1.75. The highest BCUT2D eigenvalue weighted by Gasteiger charge is 2.62. The molecule has 3 unspecified atom stereocenters. The third-order valence-electron chi connectivity index (χ3n) is 8.50. The molecule has 0 aromatic heterocycles. The molecule has 3 aromatic rings. The first-order valence-electron chi connectivity index (χ1n) is 14.4. The number of hydrogen-bond donors (Lipinski definition) is 1. The molecule has 2 heterocycles. The van der Waals surface area contributed by atoms with Gasteiger partial charge in [0.15, 0.2) is 0 Å². The van der Waals surface area contributed by atoms with E-state index in [1.54, 1.807) is 29.2 Å². The molecule has 0 bridgehead atoms. The molecule has 0 radical (unpaired) electrons. The normalized spacial score (nSPS) is 24.9. The predicted octanol–water partition coefficient (Wildman–Crippen LogP) is 6.64. The number of carbonyl (C=O) groups excluding carboxylic acids is 2. The molecule has 5 rings (SSSR count). The average molecular weight is 613 g/mol. The van der Waals surface area contributed by atoms with Crippen molar-refractivity contribution in [2.45, 2.75) is 63.4 Å². The summed E-state index contributed by atoms with van der Waals surface area (Å²) in [6.45, 7) is 5.60. The van der Waals surface area contributed by atoms with Crippen LogP contribution in [0.3, 0.4) is 0 Å². The highest BCUT2D eigenvalue weighted by Crippen LogP contribution is 2.52. The number of nitrogens with one attached hydrogen (secondary N) is 1. The van der Waals surface area contributed by atoms with Crippen molar-refractivity contribution in [2.75, 3.05) is 19.6 Å². The van der Waals surface area contributed by atoms with Crippen LogP contribution in [0, 0.1) is 5.82 Å². The van der Waals surface area contributed by atoms with Crippen molar-refractivity contribution in [1.29, 1.82) is 0 Å². The zero-order chi connectivity index (χ0) is 29.9. The van der Waals surface area contributed by atoms with Crippen molar-refractivity contribution in [1.82, 2.24) is 15.1 Å². The summed E-state index contributed by atoms with van der Waals surface area (Å²) in [6, 6.07) is 21.1. The van der Waals surface area contributed by atoms with Crippen molar-refractivity contribution in [3.05, 3.63) is 105 Å². The molecule has 1 N–H and O–H groups in total. The van der Waals surface area contributed by atoms with E-state index in [9.17, 15) is 14.0 Å². The number of rotatable bonds is 8. The number of likely N-dealkylation sites (tertiary alicyclic amines) is 2. The molecule has 2 aliphatic rings. The maximum atomic E-state index is 14.1. The number of benzene rings is 3. The van der Waals surface area contributed by atoms with Gasteiger partial charge in [-0.1, -0.05) is 78.7 Å². The van der Waals surface area contributed by atoms with Gasteiger partial charge >= 0.3 is 0 Å². The molecule has 9 heteroatoms. The second kappa shape index (κ2) is 12.7. The largest absolute Gasteiger partial charge is 0.347 e. The van der Waals surface area contributed by atoms with Crippen LogP contribution in [0.5, 0.6) is 0 Å². The van der Waals surface area contributed by atoms with Gasteiger partial charge in [0.2, 0.25) is 11.8 Å². The Morgan fingerprint density at radius 3 is 2.43 bits per heavy atom. The molecule has 3 aromatic carbocycles. The summed E-state index contributed by atoms with van der Waals surface area (Å²) in [7, 11) is 0. The molecule has 2 amide bonds. The third kappa shape index (κ3) is 5.93. The number of hydrogen-bond acceptors (Lipinski definition) is 4. The molecule has 2 aliphatic heterocycles. The Morgan fingerprint density at radius 2 is 1.76 bits per heavy atom. The number of carbonyl (C=O) groups is 2. The third-order valence-corrected chi connectivity index (χ3v) is 9.24. The minimum atomic E-state index is -1.27. The van der Waals surface area contributed by atoms with E-state index in [1.807, 2.05) is 36.4 Å². The summed E-state index contributed by atoms with van der Waals surface area (Å²) in [4.78, 5) is 31.2. The van der Waals surface area contributed by atoms with Gasteiger partial charge in [0.25, 0.3) is 0 Å². The van der Waals surface area contributed by atoms with Gasteiger partial charge < -0.3 is 15.0 Å². The van der Waals surface area contributed by atoms with Crippen molar-refractivity contribution in [2.24, 2.45) is 0 Å². The highest BCUT2D eigenvalue weighted by atomic mass is 35.5. The number of ether oxygens (including phenoxy) is 1. The minimum absolute atomic E-state index is 0.0587. The number of piperidine rings is 2. The molecule has 3 atom stereocenters. The van der Waals surface area contributed by atoms with E-state index in [2.05, 4.69) is 17.1 Å². The van der Waals surface area contributed by atoms with Crippen molar-refractivity contribution in [3.63, 3.8) is 0 Å². The molecule has 222 valence electrons. The Kier molecular flexibility index (Phi) is 9.23. The summed E-state index contributed by atoms with van der Waals surface area (Å²) in [5, 5.41) is 3.96. The van der Waals surface area contributed by atoms with Gasteiger partial charge in [-0.2, -0.15) is 0 Å². The van der Waals surface area contributed by atoms with Crippen LogP contribution >= 0.6 is 23.2 Å². The number of nitrogens with zero attached hydrogens (tertiary/aromatic N) is 2. The summed E-state index contributed by atoms with van der Waals surface area (Å²) >= 11 is 13.0. The van der Waals surface area contributed by atoms with E-state index < -0.39 is 11.1 Å². The van der Waals surface area contributed by atoms with Crippen molar-refractivity contribution < 1.29 is 18.7 Å². The van der Waals surface area contributed by atoms with E-state index in [-0.39, 0.29) is 43.4 Å². The maximum Gasteiger partial charge on any atom is 0.225 e. The van der Waals surface area contributed by atoms with E-state index in [0.717, 1.165) is 43.5 Å². The maximum absolute atomic E-state index is 14.1. The van der Waals surface area contributed by atoms with Crippen LogP contribution in [0.4, 0.5) is 4.39 Å². The highest BCUT2D eigenvalue weighted by molar-refractivity contribution is 6.42. The molecule has 0 saturated carbocycles. The topological polar surface area (TPSA) is 61.9 Å². The van der Waals surface area contributed by atoms with Crippen LogP contribution in [-0.4, -0.2) is 47.5 Å². The lowest BCUT2D eigenvalue weighted by atomic mass is 9.65. The lowest BCUT2D eigenvalue weighted by molar-refractivity contribution is -0.230. The first-order chi connectivity index (χ1) is 20.2. The molecular formula is C33H36Cl2FN3O3. The summed E-state index contributed by atoms with van der Waals surface area (Å²) in [6.07, 6.45) is 2.54. The van der Waals surface area contributed by atoms with Crippen LogP contribution in [0.15, 0.2) is 72.8 Å². The van der Waals surface area contributed by atoms with Gasteiger partial charge in [-0.3, -0.25) is 14.5 Å². The summed E-state index contributed by atoms with van der Waals surface area (Å²) in [5.74, 6) is -0.794. The second-order valence-electron chi connectivity index (χ2n) is 11.2. The van der Waals surface area contributed by atoms with Gasteiger partial charge in [0.05, 0.1) is 23.0 Å². The van der Waals surface area contributed by atoms with Crippen molar-refractivity contribution >= 4 is 35.0 Å². The molecular weight excluding hydrogens is 576 g/mol. The Hall–Kier alpha value is -2.97. The van der Waals surface area contributed by atoms with Gasteiger partial charge in [-0.25, -0.2) is 4.39 Å². The first-order valence-corrected chi connectivity index (χ1v) is 15.2. The zero-order valence-corrected chi connectivity index (χ0v) is 25.4. The Labute approximate surface area is 256 Å². The molecule has 2 fully saturated rings. The predicted molar refractivity (Wildman–Crippen MR) is 162 cm³/mol. The fourth-order valence-electron chi connectivity index (χ4n) is 6.48. The SMILES string of the molecule is CCN1CCCCC1OC1(c2ccc(Cl)c(Cl)c2)CN(Cc2ccc(F)cc2)C(=O)CC1(NC(C)=O)c1ccccc1. The number of amides is 2. The van der Waals surface area contributed by atoms with Gasteiger partial charge in [0.1, 0.15) is 23.2 Å². The van der Waals surface area contributed by atoms with Crippen LogP contribution in [0.25, 0.3) is 0 Å². The average Bonchev–Trinajstić information content (AvgIpc) is 2.98. The van der Waals surface area contributed by atoms with Crippen LogP contribution in [0.2, 0.25) is 10.0 Å². The van der Waals surface area contributed by atoms with Gasteiger partial charge in [-0.15, -0.1) is 0 Å². The standard InChI is InChI=1S/C33H36Cl2FN3O3/c1-3-38-18-8-7-11-31(38)42-33(26-14-17-28(34)29(35)19-26)22-39(21-24-12-15-27(36)16-13-24)30(41)20-32(33,37-23(2)40)25-9-5-4-6-10-25/h4-6,9-10,12-17,19,31H,3,7-8,11,18,20-22H2,1-2H3,(H,37,40). The van der Waals surface area contributed by atoms with Crippen molar-refractivity contribution in [3.8, 4) is 0 Å². The van der Waals surface area contributed by atoms with Crippen LogP contribution in [-0.2, 0) is 32.0 Å². The van der Waals surface area contributed by atoms with E-state index >= 15 is 0 Å². The Morgan fingerprint density at radius 1 is 1.02 bits per heavy atom. The quantitative estimate of drug-likeness (QED) is 0.310. The molecule has 0 aliphatic carbocycles. The lowest BCUT2D eigenvalue weighted by Crippen LogP contribution is -2.71. The van der Waals surface area contributed by atoms with E-state index in [1.165, 1.54) is 19.1 Å². The van der Waals surface area contributed by atoms with E-state index in [4.69, 9.17) is 27.9 Å². The summed E-state index contributed by atoms with van der Waals surface area (Å²) in [5.41, 5.74) is -0.303. The van der Waals surface area contributed by atoms with Crippen LogP contribution in [0.1, 0.15) is 56.2 Å². The summed E-state index contributed by atoms with van der Waals surface area (Å²) < 4.78 is 21.1.